The molecule has 0 unspecified atom stereocenters. The maximum Gasteiger partial charge on any atom is 0.308 e. The average Bonchev–Trinajstić information content (AvgIpc) is 2.73. The standard InChI is InChI=1S/C24H21F2NO3/c1-15(2)24(29)30-14-18-6-3-4-9-22(18)27-23(28)20-13-17(10-11-21(20)26)16-7-5-8-19(25)12-16/h3-13,15H,14H2,1-2H3,(H,27,28). The maximum atomic E-state index is 14.4. The summed E-state index contributed by atoms with van der Waals surface area (Å²) in [6.07, 6.45) is 0. The van der Waals surface area contributed by atoms with Crippen LogP contribution in [0.5, 0.6) is 0 Å². The summed E-state index contributed by atoms with van der Waals surface area (Å²) in [5.74, 6) is -2.41. The van der Waals surface area contributed by atoms with Crippen LogP contribution in [-0.2, 0) is 16.1 Å². The van der Waals surface area contributed by atoms with Gasteiger partial charge in [0.2, 0.25) is 0 Å². The second kappa shape index (κ2) is 9.31. The van der Waals surface area contributed by atoms with E-state index < -0.39 is 17.5 Å². The van der Waals surface area contributed by atoms with Crippen molar-refractivity contribution in [3.63, 3.8) is 0 Å². The van der Waals surface area contributed by atoms with Gasteiger partial charge in [-0.1, -0.05) is 50.2 Å². The Morgan fingerprint density at radius 3 is 2.40 bits per heavy atom. The maximum absolute atomic E-state index is 14.4. The number of ether oxygens (including phenoxy) is 1. The summed E-state index contributed by atoms with van der Waals surface area (Å²) in [5.41, 5.74) is 1.87. The van der Waals surface area contributed by atoms with Crippen molar-refractivity contribution < 1.29 is 23.1 Å². The molecule has 1 N–H and O–H groups in total. The number of hydrogen-bond donors (Lipinski definition) is 1. The number of benzene rings is 3. The molecule has 0 saturated heterocycles. The van der Waals surface area contributed by atoms with Gasteiger partial charge >= 0.3 is 5.97 Å². The number of nitrogens with one attached hydrogen (secondary N) is 1. The third-order valence-electron chi connectivity index (χ3n) is 4.48. The molecule has 1 amide bonds. The highest BCUT2D eigenvalue weighted by Crippen LogP contribution is 2.24. The number of carbonyl (C=O) groups excluding carboxylic acids is 2. The Labute approximate surface area is 173 Å². The van der Waals surface area contributed by atoms with Crippen LogP contribution in [0.3, 0.4) is 0 Å². The Balaban J connectivity index is 1.83. The number of para-hydroxylation sites is 1. The van der Waals surface area contributed by atoms with E-state index in [2.05, 4.69) is 5.32 Å². The summed E-state index contributed by atoms with van der Waals surface area (Å²) in [6, 6.07) is 16.7. The van der Waals surface area contributed by atoms with Gasteiger partial charge < -0.3 is 10.1 Å². The smallest absolute Gasteiger partial charge is 0.308 e. The molecule has 3 aromatic rings. The van der Waals surface area contributed by atoms with E-state index in [1.807, 2.05) is 0 Å². The Morgan fingerprint density at radius 2 is 1.67 bits per heavy atom. The van der Waals surface area contributed by atoms with Crippen LogP contribution in [0.1, 0.15) is 29.8 Å². The van der Waals surface area contributed by atoms with Crippen molar-refractivity contribution in [3.05, 3.63) is 89.5 Å². The van der Waals surface area contributed by atoms with Gasteiger partial charge in [0.05, 0.1) is 11.5 Å². The highest BCUT2D eigenvalue weighted by molar-refractivity contribution is 6.05. The summed E-state index contributed by atoms with van der Waals surface area (Å²) in [4.78, 5) is 24.5. The first-order valence-corrected chi connectivity index (χ1v) is 9.46. The fourth-order valence-electron chi connectivity index (χ4n) is 2.82. The van der Waals surface area contributed by atoms with E-state index in [-0.39, 0.29) is 24.1 Å². The number of amides is 1. The normalized spacial score (nSPS) is 10.7. The summed E-state index contributed by atoms with van der Waals surface area (Å²) in [6.45, 7) is 3.44. The van der Waals surface area contributed by atoms with Crippen LogP contribution in [0.25, 0.3) is 11.1 Å². The zero-order valence-corrected chi connectivity index (χ0v) is 16.6. The lowest BCUT2D eigenvalue weighted by Crippen LogP contribution is -2.16. The molecule has 0 spiro atoms. The molecule has 0 radical (unpaired) electrons. The first-order chi connectivity index (χ1) is 14.3. The van der Waals surface area contributed by atoms with Crippen molar-refractivity contribution in [3.8, 4) is 11.1 Å². The second-order valence-corrected chi connectivity index (χ2v) is 7.08. The molecular formula is C24H21F2NO3. The number of carbonyl (C=O) groups is 2. The van der Waals surface area contributed by atoms with Crippen LogP contribution < -0.4 is 5.32 Å². The lowest BCUT2D eigenvalue weighted by Gasteiger charge is -2.13. The van der Waals surface area contributed by atoms with Gasteiger partial charge in [-0.15, -0.1) is 0 Å². The van der Waals surface area contributed by atoms with Gasteiger partial charge in [0.25, 0.3) is 5.91 Å². The fraction of sp³-hybridized carbons (Fsp3) is 0.167. The highest BCUT2D eigenvalue weighted by Gasteiger charge is 2.16. The topological polar surface area (TPSA) is 55.4 Å². The zero-order chi connectivity index (χ0) is 21.7. The van der Waals surface area contributed by atoms with Gasteiger partial charge in [-0.2, -0.15) is 0 Å². The fourth-order valence-corrected chi connectivity index (χ4v) is 2.82. The largest absolute Gasteiger partial charge is 0.461 e. The molecule has 0 fully saturated rings. The van der Waals surface area contributed by atoms with Gasteiger partial charge in [0, 0.05) is 11.3 Å². The van der Waals surface area contributed by atoms with Crippen molar-refractivity contribution in [2.75, 3.05) is 5.32 Å². The van der Waals surface area contributed by atoms with Crippen LogP contribution in [0.2, 0.25) is 0 Å². The predicted octanol–water partition coefficient (Wildman–Crippen LogP) is 5.58. The molecule has 0 bridgehead atoms. The molecule has 4 nitrogen and oxygen atoms in total. The van der Waals surface area contributed by atoms with Gasteiger partial charge in [-0.05, 0) is 41.5 Å². The molecule has 0 atom stereocenters. The second-order valence-electron chi connectivity index (χ2n) is 7.08. The van der Waals surface area contributed by atoms with E-state index in [0.29, 0.717) is 22.4 Å². The van der Waals surface area contributed by atoms with Crippen molar-refractivity contribution in [1.29, 1.82) is 0 Å². The molecule has 3 aromatic carbocycles. The minimum Gasteiger partial charge on any atom is -0.461 e. The van der Waals surface area contributed by atoms with E-state index in [9.17, 15) is 18.4 Å². The first kappa shape index (κ1) is 21.2. The monoisotopic (exact) mass is 409 g/mol. The van der Waals surface area contributed by atoms with Crippen molar-refractivity contribution in [2.24, 2.45) is 5.92 Å². The molecule has 6 heteroatoms. The third kappa shape index (κ3) is 5.08. The average molecular weight is 409 g/mol. The molecular weight excluding hydrogens is 388 g/mol. The molecule has 0 aliphatic carbocycles. The van der Waals surface area contributed by atoms with E-state index in [4.69, 9.17) is 4.74 Å². The van der Waals surface area contributed by atoms with Crippen LogP contribution in [-0.4, -0.2) is 11.9 Å². The lowest BCUT2D eigenvalue weighted by atomic mass is 10.0. The molecule has 3 rings (SSSR count). The Morgan fingerprint density at radius 1 is 0.933 bits per heavy atom. The molecule has 0 aliphatic rings. The molecule has 0 saturated carbocycles. The number of hydrogen-bond acceptors (Lipinski definition) is 3. The van der Waals surface area contributed by atoms with Gasteiger partial charge in [-0.3, -0.25) is 9.59 Å². The molecule has 0 aromatic heterocycles. The van der Waals surface area contributed by atoms with Crippen molar-refractivity contribution in [1.82, 2.24) is 0 Å². The van der Waals surface area contributed by atoms with Crippen molar-refractivity contribution >= 4 is 17.6 Å². The van der Waals surface area contributed by atoms with Crippen LogP contribution in [0, 0.1) is 17.6 Å². The Bertz CT molecular complexity index is 1080. The van der Waals surface area contributed by atoms with Gasteiger partial charge in [0.15, 0.2) is 0 Å². The minimum absolute atomic E-state index is 0.0146. The van der Waals surface area contributed by atoms with Crippen LogP contribution in [0.4, 0.5) is 14.5 Å². The first-order valence-electron chi connectivity index (χ1n) is 9.46. The number of rotatable bonds is 6. The summed E-state index contributed by atoms with van der Waals surface area (Å²) in [7, 11) is 0. The highest BCUT2D eigenvalue weighted by atomic mass is 19.1. The summed E-state index contributed by atoms with van der Waals surface area (Å²) < 4.78 is 33.1. The van der Waals surface area contributed by atoms with Crippen LogP contribution >= 0.6 is 0 Å². The molecule has 30 heavy (non-hydrogen) atoms. The molecule has 154 valence electrons. The Kier molecular flexibility index (Phi) is 6.57. The number of halogens is 2. The number of esters is 1. The summed E-state index contributed by atoms with van der Waals surface area (Å²) >= 11 is 0. The Hall–Kier alpha value is -3.54. The van der Waals surface area contributed by atoms with Crippen LogP contribution in [0.15, 0.2) is 66.7 Å². The van der Waals surface area contributed by atoms with E-state index >= 15 is 0 Å². The van der Waals surface area contributed by atoms with E-state index in [0.717, 1.165) is 0 Å². The zero-order valence-electron chi connectivity index (χ0n) is 16.6. The predicted molar refractivity (Wildman–Crippen MR) is 111 cm³/mol. The van der Waals surface area contributed by atoms with E-state index in [1.54, 1.807) is 50.2 Å². The van der Waals surface area contributed by atoms with Gasteiger partial charge in [-0.25, -0.2) is 8.78 Å². The quantitative estimate of drug-likeness (QED) is 0.541. The van der Waals surface area contributed by atoms with E-state index in [1.165, 1.54) is 30.3 Å². The SMILES string of the molecule is CC(C)C(=O)OCc1ccccc1NC(=O)c1cc(-c2cccc(F)c2)ccc1F. The molecule has 0 heterocycles. The number of anilines is 1. The lowest BCUT2D eigenvalue weighted by molar-refractivity contribution is -0.148. The van der Waals surface area contributed by atoms with Crippen molar-refractivity contribution in [2.45, 2.75) is 20.5 Å². The third-order valence-corrected chi connectivity index (χ3v) is 4.48. The van der Waals surface area contributed by atoms with Gasteiger partial charge in [0.1, 0.15) is 18.2 Å². The minimum atomic E-state index is -0.698. The molecule has 0 aliphatic heterocycles. The summed E-state index contributed by atoms with van der Waals surface area (Å²) in [5, 5.41) is 2.67.